The maximum absolute atomic E-state index is 6.21. The second kappa shape index (κ2) is 8.33. The molecule has 1 heterocycles. The standard InChI is InChI=1S/C14H20Cl2N2.ClH/c1-18(13-3-2-7-17-8-6-13)10-11-9-12(15)4-5-14(11)16;/h4-5,9,13,17H,2-3,6-8,10H2,1H3;1H. The molecule has 1 N–H and O–H groups in total. The van der Waals surface area contributed by atoms with Crippen LogP contribution in [-0.2, 0) is 6.54 Å². The van der Waals surface area contributed by atoms with Gasteiger partial charge in [0.1, 0.15) is 0 Å². The van der Waals surface area contributed by atoms with Crippen molar-refractivity contribution in [3.05, 3.63) is 33.8 Å². The van der Waals surface area contributed by atoms with Crippen molar-refractivity contribution < 1.29 is 0 Å². The second-order valence-electron chi connectivity index (χ2n) is 4.99. The molecule has 0 amide bonds. The molecule has 0 aromatic heterocycles. The summed E-state index contributed by atoms with van der Waals surface area (Å²) in [7, 11) is 2.17. The van der Waals surface area contributed by atoms with Crippen LogP contribution in [0.15, 0.2) is 18.2 Å². The number of nitrogens with zero attached hydrogens (tertiary/aromatic N) is 1. The van der Waals surface area contributed by atoms with Gasteiger partial charge in [-0.25, -0.2) is 0 Å². The fraction of sp³-hybridized carbons (Fsp3) is 0.571. The number of hydrogen-bond acceptors (Lipinski definition) is 2. The Hall–Kier alpha value is 0.01000. The lowest BCUT2D eigenvalue weighted by molar-refractivity contribution is 0.216. The van der Waals surface area contributed by atoms with E-state index >= 15 is 0 Å². The van der Waals surface area contributed by atoms with Gasteiger partial charge in [0.05, 0.1) is 0 Å². The van der Waals surface area contributed by atoms with Gasteiger partial charge in [-0.2, -0.15) is 0 Å². The van der Waals surface area contributed by atoms with Gasteiger partial charge in [0, 0.05) is 22.6 Å². The van der Waals surface area contributed by atoms with Crippen LogP contribution < -0.4 is 5.32 Å². The molecular weight excluding hydrogens is 303 g/mol. The average Bonchev–Trinajstić information content (AvgIpc) is 2.62. The highest BCUT2D eigenvalue weighted by atomic mass is 35.5. The summed E-state index contributed by atoms with van der Waals surface area (Å²) in [5.74, 6) is 0. The Balaban J connectivity index is 0.00000180. The summed E-state index contributed by atoms with van der Waals surface area (Å²) < 4.78 is 0. The van der Waals surface area contributed by atoms with E-state index in [2.05, 4.69) is 17.3 Å². The zero-order valence-corrected chi connectivity index (χ0v) is 13.5. The molecule has 1 atom stereocenters. The van der Waals surface area contributed by atoms with E-state index in [1.54, 1.807) is 0 Å². The normalized spacial score (nSPS) is 19.9. The van der Waals surface area contributed by atoms with Gasteiger partial charge in [-0.3, -0.25) is 4.90 Å². The van der Waals surface area contributed by atoms with Crippen LogP contribution in [-0.4, -0.2) is 31.1 Å². The fourth-order valence-electron chi connectivity index (χ4n) is 2.50. The van der Waals surface area contributed by atoms with Gasteiger partial charge < -0.3 is 5.32 Å². The molecule has 2 nitrogen and oxygen atoms in total. The highest BCUT2D eigenvalue weighted by Crippen LogP contribution is 2.23. The van der Waals surface area contributed by atoms with Crippen molar-refractivity contribution in [2.75, 3.05) is 20.1 Å². The molecule has 0 radical (unpaired) electrons. The first-order valence-electron chi connectivity index (χ1n) is 6.51. The van der Waals surface area contributed by atoms with E-state index in [-0.39, 0.29) is 12.4 Å². The molecule has 1 fully saturated rings. The van der Waals surface area contributed by atoms with Gasteiger partial charge >= 0.3 is 0 Å². The Kier molecular flexibility index (Phi) is 7.48. The van der Waals surface area contributed by atoms with Gasteiger partial charge in [0.2, 0.25) is 0 Å². The van der Waals surface area contributed by atoms with Gasteiger partial charge in [-0.1, -0.05) is 23.2 Å². The Morgan fingerprint density at radius 2 is 2.05 bits per heavy atom. The molecule has 1 unspecified atom stereocenters. The first-order valence-corrected chi connectivity index (χ1v) is 7.27. The lowest BCUT2D eigenvalue weighted by atomic mass is 10.1. The monoisotopic (exact) mass is 322 g/mol. The highest BCUT2D eigenvalue weighted by molar-refractivity contribution is 6.33. The van der Waals surface area contributed by atoms with E-state index in [0.29, 0.717) is 6.04 Å². The summed E-state index contributed by atoms with van der Waals surface area (Å²) >= 11 is 12.2. The third-order valence-electron chi connectivity index (χ3n) is 3.60. The molecule has 0 aliphatic carbocycles. The minimum Gasteiger partial charge on any atom is -0.317 e. The Morgan fingerprint density at radius 1 is 1.26 bits per heavy atom. The molecule has 1 aliphatic heterocycles. The van der Waals surface area contributed by atoms with E-state index in [4.69, 9.17) is 23.2 Å². The smallest absolute Gasteiger partial charge is 0.0452 e. The molecule has 1 aromatic carbocycles. The van der Waals surface area contributed by atoms with Gasteiger partial charge in [0.25, 0.3) is 0 Å². The van der Waals surface area contributed by atoms with Crippen LogP contribution in [0.1, 0.15) is 24.8 Å². The van der Waals surface area contributed by atoms with Crippen molar-refractivity contribution in [1.29, 1.82) is 0 Å². The number of rotatable bonds is 3. The topological polar surface area (TPSA) is 15.3 Å². The average molecular weight is 324 g/mol. The minimum atomic E-state index is 0. The van der Waals surface area contributed by atoms with Crippen LogP contribution in [0.5, 0.6) is 0 Å². The first kappa shape index (κ1) is 17.1. The largest absolute Gasteiger partial charge is 0.317 e. The lowest BCUT2D eigenvalue weighted by Gasteiger charge is -2.27. The molecule has 0 spiro atoms. The van der Waals surface area contributed by atoms with Gasteiger partial charge in [-0.05, 0) is 63.2 Å². The maximum Gasteiger partial charge on any atom is 0.0452 e. The lowest BCUT2D eigenvalue weighted by Crippen LogP contribution is -2.32. The van der Waals surface area contributed by atoms with E-state index in [1.165, 1.54) is 19.3 Å². The summed E-state index contributed by atoms with van der Waals surface area (Å²) in [5.41, 5.74) is 1.11. The quantitative estimate of drug-likeness (QED) is 0.905. The predicted molar refractivity (Wildman–Crippen MR) is 85.7 cm³/mol. The summed E-state index contributed by atoms with van der Waals surface area (Å²) in [5, 5.41) is 5.00. The van der Waals surface area contributed by atoms with Gasteiger partial charge in [-0.15, -0.1) is 12.4 Å². The van der Waals surface area contributed by atoms with Crippen molar-refractivity contribution in [3.63, 3.8) is 0 Å². The van der Waals surface area contributed by atoms with Crippen molar-refractivity contribution >= 4 is 35.6 Å². The molecule has 1 aromatic rings. The summed E-state index contributed by atoms with van der Waals surface area (Å²) in [6.07, 6.45) is 3.70. The predicted octanol–water partition coefficient (Wildman–Crippen LogP) is 3.99. The molecule has 0 bridgehead atoms. The van der Waals surface area contributed by atoms with Crippen molar-refractivity contribution in [1.82, 2.24) is 10.2 Å². The molecule has 2 rings (SSSR count). The minimum absolute atomic E-state index is 0. The van der Waals surface area contributed by atoms with Gasteiger partial charge in [0.15, 0.2) is 0 Å². The maximum atomic E-state index is 6.21. The molecule has 1 aliphatic rings. The molecule has 5 heteroatoms. The molecule has 1 saturated heterocycles. The van der Waals surface area contributed by atoms with Crippen LogP contribution >= 0.6 is 35.6 Å². The van der Waals surface area contributed by atoms with E-state index in [9.17, 15) is 0 Å². The van der Waals surface area contributed by atoms with Crippen LogP contribution in [0.3, 0.4) is 0 Å². The summed E-state index contributed by atoms with van der Waals surface area (Å²) in [6, 6.07) is 6.31. The second-order valence-corrected chi connectivity index (χ2v) is 5.83. The Labute approximate surface area is 131 Å². The molecular formula is C14H21Cl3N2. The fourth-order valence-corrected chi connectivity index (χ4v) is 2.88. The number of benzene rings is 1. The van der Waals surface area contributed by atoms with Crippen molar-refractivity contribution in [2.45, 2.75) is 31.8 Å². The van der Waals surface area contributed by atoms with Crippen molar-refractivity contribution in [3.8, 4) is 0 Å². The Bertz CT molecular complexity index is 390. The third-order valence-corrected chi connectivity index (χ3v) is 4.20. The van der Waals surface area contributed by atoms with Crippen LogP contribution in [0.25, 0.3) is 0 Å². The summed E-state index contributed by atoms with van der Waals surface area (Å²) in [4.78, 5) is 2.39. The van der Waals surface area contributed by atoms with Crippen LogP contribution in [0.2, 0.25) is 10.0 Å². The third kappa shape index (κ3) is 5.13. The van der Waals surface area contributed by atoms with Crippen LogP contribution in [0, 0.1) is 0 Å². The molecule has 0 saturated carbocycles. The first-order chi connectivity index (χ1) is 8.66. The highest BCUT2D eigenvalue weighted by Gasteiger charge is 2.17. The zero-order chi connectivity index (χ0) is 13.0. The SMILES string of the molecule is CN(Cc1cc(Cl)ccc1Cl)C1CCCNCC1.Cl. The Morgan fingerprint density at radius 3 is 2.84 bits per heavy atom. The zero-order valence-electron chi connectivity index (χ0n) is 11.2. The van der Waals surface area contributed by atoms with E-state index < -0.39 is 0 Å². The number of halogens is 3. The summed E-state index contributed by atoms with van der Waals surface area (Å²) in [6.45, 7) is 3.12. The van der Waals surface area contributed by atoms with Crippen molar-refractivity contribution in [2.24, 2.45) is 0 Å². The molecule has 108 valence electrons. The number of hydrogen-bond donors (Lipinski definition) is 1. The van der Waals surface area contributed by atoms with E-state index in [1.807, 2.05) is 18.2 Å². The molecule has 19 heavy (non-hydrogen) atoms. The van der Waals surface area contributed by atoms with E-state index in [0.717, 1.165) is 35.2 Å². The van der Waals surface area contributed by atoms with Crippen LogP contribution in [0.4, 0.5) is 0 Å². The number of nitrogens with one attached hydrogen (secondary N) is 1.